The van der Waals surface area contributed by atoms with Crippen LogP contribution in [0.2, 0.25) is 5.02 Å². The fourth-order valence-electron chi connectivity index (χ4n) is 1.90. The standard InChI is InChI=1S/C15H12ClN3O2S2/c16-11-4-3-5-12(8-11)23(20,21)18-9-15-19-14(10-22-15)13-6-1-2-7-17-13/h1-8,10,18H,9H2. The summed E-state index contributed by atoms with van der Waals surface area (Å²) in [6.07, 6.45) is 1.69. The highest BCUT2D eigenvalue weighted by Crippen LogP contribution is 2.20. The van der Waals surface area contributed by atoms with Gasteiger partial charge in [-0.15, -0.1) is 11.3 Å². The van der Waals surface area contributed by atoms with Crippen LogP contribution in [0, 0.1) is 0 Å². The van der Waals surface area contributed by atoms with E-state index in [0.717, 1.165) is 11.4 Å². The lowest BCUT2D eigenvalue weighted by Gasteiger charge is -2.05. The highest BCUT2D eigenvalue weighted by Gasteiger charge is 2.15. The molecule has 118 valence electrons. The molecule has 0 aliphatic rings. The molecule has 0 aliphatic heterocycles. The Balaban J connectivity index is 1.73. The molecule has 3 rings (SSSR count). The Kier molecular flexibility index (Phi) is 4.72. The molecule has 0 radical (unpaired) electrons. The van der Waals surface area contributed by atoms with E-state index in [1.54, 1.807) is 18.3 Å². The minimum absolute atomic E-state index is 0.117. The summed E-state index contributed by atoms with van der Waals surface area (Å²) >= 11 is 7.21. The first-order chi connectivity index (χ1) is 11.0. The van der Waals surface area contributed by atoms with Crippen LogP contribution in [-0.4, -0.2) is 18.4 Å². The Bertz CT molecular complexity index is 911. The molecule has 1 aromatic carbocycles. The minimum atomic E-state index is -3.62. The summed E-state index contributed by atoms with van der Waals surface area (Å²) in [4.78, 5) is 8.75. The summed E-state index contributed by atoms with van der Waals surface area (Å²) in [5.74, 6) is 0. The monoisotopic (exact) mass is 365 g/mol. The molecule has 0 bridgehead atoms. The maximum Gasteiger partial charge on any atom is 0.241 e. The van der Waals surface area contributed by atoms with Gasteiger partial charge in [0.2, 0.25) is 10.0 Å². The lowest BCUT2D eigenvalue weighted by Crippen LogP contribution is -2.23. The molecule has 0 spiro atoms. The molecule has 1 N–H and O–H groups in total. The van der Waals surface area contributed by atoms with Crippen molar-refractivity contribution in [3.8, 4) is 11.4 Å². The van der Waals surface area contributed by atoms with Gasteiger partial charge in [-0.05, 0) is 30.3 Å². The van der Waals surface area contributed by atoms with E-state index >= 15 is 0 Å². The number of benzene rings is 1. The molecule has 23 heavy (non-hydrogen) atoms. The average molecular weight is 366 g/mol. The van der Waals surface area contributed by atoms with Gasteiger partial charge in [-0.25, -0.2) is 18.1 Å². The zero-order valence-corrected chi connectivity index (χ0v) is 14.2. The van der Waals surface area contributed by atoms with E-state index in [2.05, 4.69) is 14.7 Å². The van der Waals surface area contributed by atoms with E-state index in [9.17, 15) is 8.42 Å². The first-order valence-corrected chi connectivity index (χ1v) is 9.40. The van der Waals surface area contributed by atoms with E-state index in [4.69, 9.17) is 11.6 Å². The lowest BCUT2D eigenvalue weighted by atomic mass is 10.3. The van der Waals surface area contributed by atoms with Gasteiger partial charge in [0.05, 0.1) is 22.8 Å². The van der Waals surface area contributed by atoms with Gasteiger partial charge < -0.3 is 0 Å². The van der Waals surface area contributed by atoms with Crippen LogP contribution in [0.1, 0.15) is 5.01 Å². The van der Waals surface area contributed by atoms with Crippen molar-refractivity contribution in [3.63, 3.8) is 0 Å². The van der Waals surface area contributed by atoms with Crippen LogP contribution in [0.15, 0.2) is 58.9 Å². The van der Waals surface area contributed by atoms with Gasteiger partial charge in [0, 0.05) is 16.6 Å². The van der Waals surface area contributed by atoms with Crippen LogP contribution in [0.25, 0.3) is 11.4 Å². The minimum Gasteiger partial charge on any atom is -0.255 e. The van der Waals surface area contributed by atoms with Crippen molar-refractivity contribution in [1.29, 1.82) is 0 Å². The quantitative estimate of drug-likeness (QED) is 0.752. The zero-order chi connectivity index (χ0) is 16.3. The number of rotatable bonds is 5. The SMILES string of the molecule is O=S(=O)(NCc1nc(-c2ccccn2)cs1)c1cccc(Cl)c1. The van der Waals surface area contributed by atoms with Crippen molar-refractivity contribution in [2.24, 2.45) is 0 Å². The number of hydrogen-bond donors (Lipinski definition) is 1. The third-order valence-corrected chi connectivity index (χ3v) is 5.48. The van der Waals surface area contributed by atoms with Gasteiger partial charge in [0.15, 0.2) is 0 Å². The fraction of sp³-hybridized carbons (Fsp3) is 0.0667. The summed E-state index contributed by atoms with van der Waals surface area (Å²) in [5, 5.41) is 2.89. The van der Waals surface area contributed by atoms with Gasteiger partial charge in [-0.3, -0.25) is 4.98 Å². The van der Waals surface area contributed by atoms with E-state index in [-0.39, 0.29) is 11.4 Å². The molecule has 5 nitrogen and oxygen atoms in total. The summed E-state index contributed by atoms with van der Waals surface area (Å²) < 4.78 is 27.0. The van der Waals surface area contributed by atoms with E-state index < -0.39 is 10.0 Å². The number of nitrogens with zero attached hydrogens (tertiary/aromatic N) is 2. The second-order valence-corrected chi connectivity index (χ2v) is 7.77. The third-order valence-electron chi connectivity index (χ3n) is 3.00. The van der Waals surface area contributed by atoms with Crippen LogP contribution in [0.4, 0.5) is 0 Å². The summed E-state index contributed by atoms with van der Waals surface area (Å²) in [7, 11) is -3.62. The third kappa shape index (κ3) is 3.94. The number of sulfonamides is 1. The highest BCUT2D eigenvalue weighted by atomic mass is 35.5. The van der Waals surface area contributed by atoms with Crippen LogP contribution in [0.3, 0.4) is 0 Å². The topological polar surface area (TPSA) is 72.0 Å². The van der Waals surface area contributed by atoms with E-state index in [0.29, 0.717) is 10.0 Å². The number of hydrogen-bond acceptors (Lipinski definition) is 5. The molecule has 2 heterocycles. The maximum absolute atomic E-state index is 12.2. The molecule has 0 saturated heterocycles. The molecular formula is C15H12ClN3O2S2. The first-order valence-electron chi connectivity index (χ1n) is 6.66. The number of nitrogens with one attached hydrogen (secondary N) is 1. The Morgan fingerprint density at radius 2 is 2.00 bits per heavy atom. The lowest BCUT2D eigenvalue weighted by molar-refractivity contribution is 0.581. The average Bonchev–Trinajstić information content (AvgIpc) is 3.03. The number of aromatic nitrogens is 2. The Hall–Kier alpha value is -1.80. The molecule has 0 fully saturated rings. The first kappa shape index (κ1) is 16.1. The van der Waals surface area contributed by atoms with Gasteiger partial charge in [0.1, 0.15) is 5.01 Å². The molecule has 0 aliphatic carbocycles. The molecular weight excluding hydrogens is 354 g/mol. The Morgan fingerprint density at radius 3 is 2.74 bits per heavy atom. The number of pyridine rings is 1. The molecule has 0 atom stereocenters. The molecule has 0 amide bonds. The van der Waals surface area contributed by atoms with Crippen LogP contribution in [-0.2, 0) is 16.6 Å². The predicted octanol–water partition coefficient (Wildman–Crippen LogP) is 3.34. The molecule has 0 saturated carbocycles. The van der Waals surface area contributed by atoms with Crippen LogP contribution < -0.4 is 4.72 Å². The van der Waals surface area contributed by atoms with Crippen molar-refractivity contribution >= 4 is 33.0 Å². The maximum atomic E-state index is 12.2. The Labute approximate surface area is 143 Å². The van der Waals surface area contributed by atoms with Crippen molar-refractivity contribution in [2.45, 2.75) is 11.4 Å². The van der Waals surface area contributed by atoms with Gasteiger partial charge >= 0.3 is 0 Å². The second kappa shape index (κ2) is 6.76. The fourth-order valence-corrected chi connectivity index (χ4v) is 4.01. The number of thiazole rings is 1. The summed E-state index contributed by atoms with van der Waals surface area (Å²) in [5.41, 5.74) is 1.49. The van der Waals surface area contributed by atoms with Crippen LogP contribution in [0.5, 0.6) is 0 Å². The van der Waals surface area contributed by atoms with E-state index in [1.165, 1.54) is 23.5 Å². The normalized spacial score (nSPS) is 11.5. The molecule has 3 aromatic rings. The van der Waals surface area contributed by atoms with E-state index in [1.807, 2.05) is 23.6 Å². The van der Waals surface area contributed by atoms with Gasteiger partial charge in [-0.2, -0.15) is 0 Å². The summed E-state index contributed by atoms with van der Waals surface area (Å²) in [6, 6.07) is 11.7. The largest absolute Gasteiger partial charge is 0.255 e. The zero-order valence-electron chi connectivity index (χ0n) is 11.8. The predicted molar refractivity (Wildman–Crippen MR) is 90.8 cm³/mol. The second-order valence-electron chi connectivity index (χ2n) is 4.62. The molecule has 8 heteroatoms. The highest BCUT2D eigenvalue weighted by molar-refractivity contribution is 7.89. The van der Waals surface area contributed by atoms with Crippen LogP contribution >= 0.6 is 22.9 Å². The van der Waals surface area contributed by atoms with Crippen molar-refractivity contribution in [1.82, 2.24) is 14.7 Å². The number of halogens is 1. The summed E-state index contributed by atoms with van der Waals surface area (Å²) in [6.45, 7) is 0.117. The van der Waals surface area contributed by atoms with Crippen molar-refractivity contribution in [2.75, 3.05) is 0 Å². The van der Waals surface area contributed by atoms with Crippen molar-refractivity contribution < 1.29 is 8.42 Å². The Morgan fingerprint density at radius 1 is 1.13 bits per heavy atom. The van der Waals surface area contributed by atoms with Gasteiger partial charge in [-0.1, -0.05) is 23.7 Å². The van der Waals surface area contributed by atoms with Gasteiger partial charge in [0.25, 0.3) is 0 Å². The smallest absolute Gasteiger partial charge is 0.241 e. The van der Waals surface area contributed by atoms with Crippen molar-refractivity contribution in [3.05, 3.63) is 64.1 Å². The molecule has 2 aromatic heterocycles. The molecule has 0 unspecified atom stereocenters.